The lowest BCUT2D eigenvalue weighted by atomic mass is 9.96. The summed E-state index contributed by atoms with van der Waals surface area (Å²) in [4.78, 5) is 13.5. The van der Waals surface area contributed by atoms with Crippen LogP contribution in [0.2, 0.25) is 0 Å². The van der Waals surface area contributed by atoms with Gasteiger partial charge >= 0.3 is 0 Å². The zero-order valence-electron chi connectivity index (χ0n) is 11.9. The Morgan fingerprint density at radius 2 is 2.11 bits per heavy atom. The highest BCUT2D eigenvalue weighted by Crippen LogP contribution is 2.27. The number of aryl methyl sites for hydroxylation is 2. The summed E-state index contributed by atoms with van der Waals surface area (Å²) in [6, 6.07) is 0. The normalized spacial score (nSPS) is 16.9. The molecule has 1 aliphatic rings. The van der Waals surface area contributed by atoms with Crippen LogP contribution >= 0.6 is 0 Å². The van der Waals surface area contributed by atoms with Gasteiger partial charge in [0.2, 0.25) is 5.91 Å². The molecule has 3 N–H and O–H groups in total. The van der Waals surface area contributed by atoms with Gasteiger partial charge in [0.05, 0.1) is 5.69 Å². The van der Waals surface area contributed by atoms with E-state index in [9.17, 15) is 4.79 Å². The van der Waals surface area contributed by atoms with E-state index in [0.717, 1.165) is 44.0 Å². The monoisotopic (exact) mass is 265 g/mol. The molecule has 0 unspecified atom stereocenters. The highest BCUT2D eigenvalue weighted by molar-refractivity contribution is 5.77. The van der Waals surface area contributed by atoms with E-state index in [2.05, 4.69) is 15.3 Å². The first-order chi connectivity index (χ1) is 9.04. The second-order valence-electron chi connectivity index (χ2n) is 5.21. The number of amides is 1. The summed E-state index contributed by atoms with van der Waals surface area (Å²) < 4.78 is 1.94. The van der Waals surface area contributed by atoms with E-state index in [-0.39, 0.29) is 11.8 Å². The summed E-state index contributed by atoms with van der Waals surface area (Å²) in [5.41, 5.74) is 7.68. The number of carbonyl (C=O) groups is 1. The minimum Gasteiger partial charge on any atom is -0.369 e. The number of carbonyl (C=O) groups excluding carboxylic acids is 1. The molecule has 0 aromatic carbocycles. The van der Waals surface area contributed by atoms with Crippen molar-refractivity contribution in [1.29, 1.82) is 0 Å². The number of nitrogens with one attached hydrogen (secondary N) is 1. The van der Waals surface area contributed by atoms with Gasteiger partial charge in [-0.25, -0.2) is 0 Å². The van der Waals surface area contributed by atoms with E-state index in [4.69, 9.17) is 5.73 Å². The van der Waals surface area contributed by atoms with Crippen LogP contribution in [-0.4, -0.2) is 35.8 Å². The van der Waals surface area contributed by atoms with Crippen molar-refractivity contribution in [2.45, 2.75) is 26.3 Å². The lowest BCUT2D eigenvalue weighted by Gasteiger charge is -2.32. The largest absolute Gasteiger partial charge is 0.369 e. The van der Waals surface area contributed by atoms with Crippen LogP contribution in [0.4, 0.5) is 5.82 Å². The first kappa shape index (κ1) is 13.9. The molecule has 2 rings (SSSR count). The van der Waals surface area contributed by atoms with Crippen LogP contribution in [0.3, 0.4) is 0 Å². The third-order valence-electron chi connectivity index (χ3n) is 3.86. The Bertz CT molecular complexity index is 460. The van der Waals surface area contributed by atoms with Crippen LogP contribution < -0.4 is 16.0 Å². The SMILES string of the molecule is CNCc1c(C)nn(C)c1N1CCC(C(N)=O)CC1. The number of nitrogens with two attached hydrogens (primary N) is 1. The van der Waals surface area contributed by atoms with Gasteiger partial charge in [0.25, 0.3) is 0 Å². The molecule has 0 saturated carbocycles. The molecule has 19 heavy (non-hydrogen) atoms. The van der Waals surface area contributed by atoms with E-state index in [1.165, 1.54) is 5.56 Å². The first-order valence-corrected chi connectivity index (χ1v) is 6.76. The average Bonchev–Trinajstić information content (AvgIpc) is 2.65. The van der Waals surface area contributed by atoms with Gasteiger partial charge in [-0.1, -0.05) is 0 Å². The van der Waals surface area contributed by atoms with Gasteiger partial charge in [-0.05, 0) is 26.8 Å². The lowest BCUT2D eigenvalue weighted by molar-refractivity contribution is -0.122. The molecule has 0 spiro atoms. The maximum Gasteiger partial charge on any atom is 0.220 e. The summed E-state index contributed by atoms with van der Waals surface area (Å²) in [6.07, 6.45) is 1.66. The van der Waals surface area contributed by atoms with E-state index >= 15 is 0 Å². The molecule has 1 fully saturated rings. The number of anilines is 1. The number of piperidine rings is 1. The summed E-state index contributed by atoms with van der Waals surface area (Å²) in [7, 11) is 3.91. The smallest absolute Gasteiger partial charge is 0.220 e. The first-order valence-electron chi connectivity index (χ1n) is 6.76. The fourth-order valence-corrected chi connectivity index (χ4v) is 2.84. The Morgan fingerprint density at radius 1 is 1.47 bits per heavy atom. The highest BCUT2D eigenvalue weighted by Gasteiger charge is 2.26. The third-order valence-corrected chi connectivity index (χ3v) is 3.86. The van der Waals surface area contributed by atoms with Crippen LogP contribution in [0.1, 0.15) is 24.1 Å². The van der Waals surface area contributed by atoms with Crippen LogP contribution in [0.5, 0.6) is 0 Å². The minimum absolute atomic E-state index is 0.0262. The van der Waals surface area contributed by atoms with Crippen molar-refractivity contribution in [2.24, 2.45) is 18.7 Å². The molecule has 6 nitrogen and oxygen atoms in total. The van der Waals surface area contributed by atoms with E-state index in [0.29, 0.717) is 0 Å². The molecule has 6 heteroatoms. The summed E-state index contributed by atoms with van der Waals surface area (Å²) in [6.45, 7) is 4.57. The molecule has 1 aliphatic heterocycles. The van der Waals surface area contributed by atoms with Crippen molar-refractivity contribution in [3.05, 3.63) is 11.3 Å². The van der Waals surface area contributed by atoms with Crippen molar-refractivity contribution >= 4 is 11.7 Å². The highest BCUT2D eigenvalue weighted by atomic mass is 16.1. The van der Waals surface area contributed by atoms with Gasteiger partial charge in [-0.15, -0.1) is 0 Å². The molecule has 1 amide bonds. The standard InChI is InChI=1S/C13H23N5O/c1-9-11(8-15-2)13(17(3)16-9)18-6-4-10(5-7-18)12(14)19/h10,15H,4-8H2,1-3H3,(H2,14,19). The average molecular weight is 265 g/mol. The van der Waals surface area contributed by atoms with Crippen LogP contribution in [0.25, 0.3) is 0 Å². The maximum absolute atomic E-state index is 11.2. The number of aromatic nitrogens is 2. The predicted octanol–water partition coefficient (Wildman–Crippen LogP) is 0.150. The van der Waals surface area contributed by atoms with Crippen LogP contribution in [-0.2, 0) is 18.4 Å². The molecular weight excluding hydrogens is 242 g/mol. The zero-order valence-corrected chi connectivity index (χ0v) is 11.9. The van der Waals surface area contributed by atoms with Crippen LogP contribution in [0.15, 0.2) is 0 Å². The zero-order chi connectivity index (χ0) is 14.0. The molecule has 1 aromatic heterocycles. The van der Waals surface area contributed by atoms with Gasteiger partial charge in [0.1, 0.15) is 5.82 Å². The number of rotatable bonds is 4. The lowest BCUT2D eigenvalue weighted by Crippen LogP contribution is -2.39. The Balaban J connectivity index is 2.17. The maximum atomic E-state index is 11.2. The second kappa shape index (κ2) is 5.61. The number of nitrogens with zero attached hydrogens (tertiary/aromatic N) is 3. The topological polar surface area (TPSA) is 76.2 Å². The second-order valence-corrected chi connectivity index (χ2v) is 5.21. The molecule has 0 radical (unpaired) electrons. The summed E-state index contributed by atoms with van der Waals surface area (Å²) in [5.74, 6) is 1.02. The molecule has 106 valence electrons. The Hall–Kier alpha value is -1.56. The summed E-state index contributed by atoms with van der Waals surface area (Å²) in [5, 5.41) is 7.69. The molecule has 1 aromatic rings. The van der Waals surface area contributed by atoms with Crippen molar-refractivity contribution in [1.82, 2.24) is 15.1 Å². The quantitative estimate of drug-likeness (QED) is 0.812. The number of hydrogen-bond donors (Lipinski definition) is 2. The molecule has 2 heterocycles. The molecular formula is C13H23N5O. The van der Waals surface area contributed by atoms with Crippen molar-refractivity contribution < 1.29 is 4.79 Å². The van der Waals surface area contributed by atoms with E-state index in [1.54, 1.807) is 0 Å². The van der Waals surface area contributed by atoms with Crippen molar-refractivity contribution in [2.75, 3.05) is 25.0 Å². The number of hydrogen-bond acceptors (Lipinski definition) is 4. The summed E-state index contributed by atoms with van der Waals surface area (Å²) >= 11 is 0. The molecule has 1 saturated heterocycles. The van der Waals surface area contributed by atoms with Gasteiger partial charge < -0.3 is 16.0 Å². The molecule has 0 bridgehead atoms. The van der Waals surface area contributed by atoms with Crippen LogP contribution in [0, 0.1) is 12.8 Å². The Labute approximate surface area is 113 Å². The minimum atomic E-state index is -0.170. The van der Waals surface area contributed by atoms with E-state index in [1.807, 2.05) is 25.7 Å². The third kappa shape index (κ3) is 2.73. The predicted molar refractivity (Wildman–Crippen MR) is 74.8 cm³/mol. The molecule has 0 atom stereocenters. The van der Waals surface area contributed by atoms with Gasteiger partial charge in [-0.3, -0.25) is 9.48 Å². The van der Waals surface area contributed by atoms with Gasteiger partial charge in [0, 0.05) is 38.2 Å². The van der Waals surface area contributed by atoms with Gasteiger partial charge in [-0.2, -0.15) is 5.10 Å². The Kier molecular flexibility index (Phi) is 4.09. The van der Waals surface area contributed by atoms with Crippen molar-refractivity contribution in [3.63, 3.8) is 0 Å². The number of primary amides is 1. The fraction of sp³-hybridized carbons (Fsp3) is 0.692. The van der Waals surface area contributed by atoms with Crippen molar-refractivity contribution in [3.8, 4) is 0 Å². The van der Waals surface area contributed by atoms with E-state index < -0.39 is 0 Å². The Morgan fingerprint density at radius 3 is 2.63 bits per heavy atom. The molecule has 0 aliphatic carbocycles. The van der Waals surface area contributed by atoms with Gasteiger partial charge in [0.15, 0.2) is 0 Å². The fourth-order valence-electron chi connectivity index (χ4n) is 2.84.